The highest BCUT2D eigenvalue weighted by Crippen LogP contribution is 2.12. The Hall–Kier alpha value is -1.87. The van der Waals surface area contributed by atoms with E-state index in [0.717, 1.165) is 11.8 Å². The van der Waals surface area contributed by atoms with E-state index >= 15 is 0 Å². The molecule has 0 radical (unpaired) electrons. The standard InChI is InChI=1S/C10H13N5O3S/c1-18-3-2-11-6(16)4-19-10-14-8-7(9(17)15-10)12-5-13-8/h5H,2-4H2,1H3,(H,11,16)(H2,12,13,14,15,17). The molecule has 0 fully saturated rings. The lowest BCUT2D eigenvalue weighted by Crippen LogP contribution is -2.28. The van der Waals surface area contributed by atoms with E-state index in [0.29, 0.717) is 29.5 Å². The van der Waals surface area contributed by atoms with Crippen LogP contribution in [0, 0.1) is 0 Å². The number of aromatic nitrogens is 4. The zero-order valence-electron chi connectivity index (χ0n) is 10.2. The smallest absolute Gasteiger partial charge is 0.277 e. The summed E-state index contributed by atoms with van der Waals surface area (Å²) in [5.41, 5.74) is 0.365. The van der Waals surface area contributed by atoms with Crippen molar-refractivity contribution in [3.05, 3.63) is 16.7 Å². The topological polar surface area (TPSA) is 113 Å². The van der Waals surface area contributed by atoms with Gasteiger partial charge in [0.15, 0.2) is 16.3 Å². The molecule has 9 heteroatoms. The van der Waals surface area contributed by atoms with Crippen molar-refractivity contribution in [3.8, 4) is 0 Å². The fraction of sp³-hybridized carbons (Fsp3) is 0.400. The highest BCUT2D eigenvalue weighted by molar-refractivity contribution is 7.99. The third-order valence-electron chi connectivity index (χ3n) is 2.24. The average Bonchev–Trinajstić information content (AvgIpc) is 2.85. The molecule has 0 unspecified atom stereocenters. The molecule has 0 saturated carbocycles. The van der Waals surface area contributed by atoms with Crippen molar-refractivity contribution in [2.75, 3.05) is 26.0 Å². The van der Waals surface area contributed by atoms with Gasteiger partial charge in [-0.15, -0.1) is 0 Å². The van der Waals surface area contributed by atoms with E-state index in [9.17, 15) is 9.59 Å². The molecule has 0 saturated heterocycles. The molecule has 102 valence electrons. The zero-order valence-corrected chi connectivity index (χ0v) is 11.0. The maximum absolute atomic E-state index is 11.6. The number of carbonyl (C=O) groups excluding carboxylic acids is 1. The summed E-state index contributed by atoms with van der Waals surface area (Å²) in [6.45, 7) is 0.920. The van der Waals surface area contributed by atoms with Gasteiger partial charge in [0.2, 0.25) is 5.91 Å². The third kappa shape index (κ3) is 3.55. The summed E-state index contributed by atoms with van der Waals surface area (Å²) in [5.74, 6) is 0.0228. The van der Waals surface area contributed by atoms with Gasteiger partial charge in [0, 0.05) is 13.7 Å². The van der Waals surface area contributed by atoms with Gasteiger partial charge < -0.3 is 15.0 Å². The molecule has 0 atom stereocenters. The average molecular weight is 283 g/mol. The predicted molar refractivity (Wildman–Crippen MR) is 70.1 cm³/mol. The van der Waals surface area contributed by atoms with E-state index < -0.39 is 0 Å². The van der Waals surface area contributed by atoms with Crippen LogP contribution in [0.3, 0.4) is 0 Å². The minimum Gasteiger partial charge on any atom is -0.383 e. The Balaban J connectivity index is 1.94. The number of nitrogens with zero attached hydrogens (tertiary/aromatic N) is 2. The number of imidazole rings is 1. The molecule has 2 heterocycles. The van der Waals surface area contributed by atoms with Gasteiger partial charge in [-0.3, -0.25) is 14.6 Å². The van der Waals surface area contributed by atoms with Crippen LogP contribution in [0.4, 0.5) is 0 Å². The summed E-state index contributed by atoms with van der Waals surface area (Å²) in [6.07, 6.45) is 1.40. The summed E-state index contributed by atoms with van der Waals surface area (Å²) in [5, 5.41) is 3.04. The number of methoxy groups -OCH3 is 1. The fourth-order valence-electron chi connectivity index (χ4n) is 1.37. The fourth-order valence-corrected chi connectivity index (χ4v) is 2.05. The molecule has 0 aliphatic rings. The Labute approximate surface area is 112 Å². The number of hydrogen-bond acceptors (Lipinski definition) is 6. The normalized spacial score (nSPS) is 10.8. The number of carbonyl (C=O) groups is 1. The summed E-state index contributed by atoms with van der Waals surface area (Å²) in [7, 11) is 1.56. The highest BCUT2D eigenvalue weighted by Gasteiger charge is 2.08. The first-order valence-electron chi connectivity index (χ1n) is 5.52. The van der Waals surface area contributed by atoms with Crippen LogP contribution in [-0.4, -0.2) is 51.9 Å². The first kappa shape index (κ1) is 13.6. The molecule has 0 aliphatic heterocycles. The Bertz CT molecular complexity index is 623. The van der Waals surface area contributed by atoms with Crippen molar-refractivity contribution in [1.82, 2.24) is 25.3 Å². The van der Waals surface area contributed by atoms with Crippen LogP contribution in [0.15, 0.2) is 16.3 Å². The first-order chi connectivity index (χ1) is 9.20. The molecule has 1 amide bonds. The summed E-state index contributed by atoms with van der Waals surface area (Å²) in [6, 6.07) is 0. The number of ether oxygens (including phenoxy) is 1. The Morgan fingerprint density at radius 2 is 2.42 bits per heavy atom. The number of thioether (sulfide) groups is 1. The van der Waals surface area contributed by atoms with Crippen molar-refractivity contribution in [2.24, 2.45) is 0 Å². The molecule has 2 aromatic heterocycles. The van der Waals surface area contributed by atoms with Crippen LogP contribution in [0.25, 0.3) is 11.2 Å². The van der Waals surface area contributed by atoms with Crippen molar-refractivity contribution in [3.63, 3.8) is 0 Å². The second kappa shape index (κ2) is 6.34. The van der Waals surface area contributed by atoms with Crippen LogP contribution >= 0.6 is 11.8 Å². The van der Waals surface area contributed by atoms with Crippen LogP contribution in [-0.2, 0) is 9.53 Å². The molecule has 0 spiro atoms. The predicted octanol–water partition coefficient (Wildman–Crippen LogP) is -0.499. The van der Waals surface area contributed by atoms with Crippen molar-refractivity contribution >= 4 is 28.8 Å². The molecule has 0 aromatic carbocycles. The van der Waals surface area contributed by atoms with E-state index in [-0.39, 0.29) is 17.2 Å². The number of rotatable bonds is 6. The molecule has 0 aliphatic carbocycles. The number of nitrogens with one attached hydrogen (secondary N) is 3. The lowest BCUT2D eigenvalue weighted by Gasteiger charge is -2.03. The van der Waals surface area contributed by atoms with Crippen molar-refractivity contribution < 1.29 is 9.53 Å². The Kier molecular flexibility index (Phi) is 4.53. The van der Waals surface area contributed by atoms with Gasteiger partial charge in [0.1, 0.15) is 0 Å². The minimum atomic E-state index is -0.301. The lowest BCUT2D eigenvalue weighted by atomic mass is 10.6. The van der Waals surface area contributed by atoms with E-state index in [2.05, 4.69) is 25.3 Å². The molecule has 2 aromatic rings. The van der Waals surface area contributed by atoms with Crippen LogP contribution in [0.1, 0.15) is 0 Å². The quantitative estimate of drug-likeness (QED) is 0.374. The van der Waals surface area contributed by atoms with Gasteiger partial charge in [-0.2, -0.15) is 0 Å². The summed E-state index contributed by atoms with van der Waals surface area (Å²) < 4.78 is 4.82. The second-order valence-electron chi connectivity index (χ2n) is 3.60. The number of amides is 1. The van der Waals surface area contributed by atoms with Crippen molar-refractivity contribution in [2.45, 2.75) is 5.16 Å². The van der Waals surface area contributed by atoms with Gasteiger partial charge in [-0.1, -0.05) is 11.8 Å². The van der Waals surface area contributed by atoms with Gasteiger partial charge >= 0.3 is 0 Å². The molecule has 19 heavy (non-hydrogen) atoms. The lowest BCUT2D eigenvalue weighted by molar-refractivity contribution is -0.118. The Morgan fingerprint density at radius 3 is 3.21 bits per heavy atom. The maximum Gasteiger partial charge on any atom is 0.277 e. The van der Waals surface area contributed by atoms with E-state index in [1.54, 1.807) is 7.11 Å². The number of H-pyrrole nitrogens is 2. The maximum atomic E-state index is 11.6. The minimum absolute atomic E-state index is 0.146. The molecular weight excluding hydrogens is 270 g/mol. The van der Waals surface area contributed by atoms with Gasteiger partial charge in [0.05, 0.1) is 18.7 Å². The van der Waals surface area contributed by atoms with Crippen molar-refractivity contribution in [1.29, 1.82) is 0 Å². The van der Waals surface area contributed by atoms with E-state index in [1.165, 1.54) is 6.33 Å². The van der Waals surface area contributed by atoms with Gasteiger partial charge in [-0.05, 0) is 0 Å². The first-order valence-corrected chi connectivity index (χ1v) is 6.51. The molecule has 3 N–H and O–H groups in total. The largest absolute Gasteiger partial charge is 0.383 e. The van der Waals surface area contributed by atoms with E-state index in [4.69, 9.17) is 4.74 Å². The SMILES string of the molecule is COCCNC(=O)CSc1nc2nc[nH]c2c(=O)[nH]1. The third-order valence-corrected chi connectivity index (χ3v) is 3.12. The molecule has 0 bridgehead atoms. The molecular formula is C10H13N5O3S. The van der Waals surface area contributed by atoms with Gasteiger partial charge in [-0.25, -0.2) is 9.97 Å². The molecule has 2 rings (SSSR count). The van der Waals surface area contributed by atoms with Crippen LogP contribution < -0.4 is 10.9 Å². The number of hydrogen-bond donors (Lipinski definition) is 3. The van der Waals surface area contributed by atoms with E-state index in [1.807, 2.05) is 0 Å². The zero-order chi connectivity index (χ0) is 13.7. The van der Waals surface area contributed by atoms with Crippen LogP contribution in [0.2, 0.25) is 0 Å². The monoisotopic (exact) mass is 283 g/mol. The van der Waals surface area contributed by atoms with Crippen LogP contribution in [0.5, 0.6) is 0 Å². The number of aromatic amines is 2. The Morgan fingerprint density at radius 1 is 1.58 bits per heavy atom. The highest BCUT2D eigenvalue weighted by atomic mass is 32.2. The second-order valence-corrected chi connectivity index (χ2v) is 4.57. The summed E-state index contributed by atoms with van der Waals surface area (Å²) >= 11 is 1.15. The van der Waals surface area contributed by atoms with Gasteiger partial charge in [0.25, 0.3) is 5.56 Å². The molecule has 8 nitrogen and oxygen atoms in total. The number of fused-ring (bicyclic) bond motifs is 1. The summed E-state index contributed by atoms with van der Waals surface area (Å²) in [4.78, 5) is 36.4.